The molecule has 3 heteroatoms. The molecule has 0 saturated carbocycles. The Balaban J connectivity index is 2.70. The summed E-state index contributed by atoms with van der Waals surface area (Å²) in [4.78, 5) is 0. The number of methoxy groups -OCH3 is 1. The number of ether oxygens (including phenoxy) is 2. The highest BCUT2D eigenvalue weighted by molar-refractivity contribution is 5.43. The van der Waals surface area contributed by atoms with E-state index in [0.717, 1.165) is 37.4 Å². The maximum atomic E-state index is 5.84. The molecular weight excluding hydrogens is 238 g/mol. The Morgan fingerprint density at radius 2 is 1.95 bits per heavy atom. The van der Waals surface area contributed by atoms with E-state index in [0.29, 0.717) is 5.92 Å². The molecule has 0 spiro atoms. The average Bonchev–Trinajstić information content (AvgIpc) is 2.36. The molecule has 0 aliphatic heterocycles. The molecule has 3 nitrogen and oxygen atoms in total. The summed E-state index contributed by atoms with van der Waals surface area (Å²) in [5.74, 6) is 2.22. The van der Waals surface area contributed by atoms with Crippen LogP contribution in [0.2, 0.25) is 0 Å². The van der Waals surface area contributed by atoms with Gasteiger partial charge < -0.3 is 15.2 Å². The van der Waals surface area contributed by atoms with Crippen LogP contribution in [-0.2, 0) is 6.42 Å². The maximum Gasteiger partial charge on any atom is 0.161 e. The third kappa shape index (κ3) is 5.52. The van der Waals surface area contributed by atoms with Crippen molar-refractivity contribution in [2.24, 2.45) is 11.7 Å². The summed E-state index contributed by atoms with van der Waals surface area (Å²) in [6.45, 7) is 7.10. The van der Waals surface area contributed by atoms with Gasteiger partial charge in [-0.25, -0.2) is 0 Å². The van der Waals surface area contributed by atoms with Gasteiger partial charge in [-0.05, 0) is 49.8 Å². The van der Waals surface area contributed by atoms with E-state index >= 15 is 0 Å². The molecule has 0 bridgehead atoms. The van der Waals surface area contributed by atoms with Crippen molar-refractivity contribution in [1.29, 1.82) is 0 Å². The van der Waals surface area contributed by atoms with Crippen molar-refractivity contribution in [2.45, 2.75) is 46.1 Å². The standard InChI is InChI=1S/C16H27NO2/c1-5-8-19-15-7-6-14(11-16(15)18-4)10-12(2)9-13(3)17/h6-7,11-13H,5,8-10,17H2,1-4H3. The van der Waals surface area contributed by atoms with Gasteiger partial charge in [0.15, 0.2) is 11.5 Å². The molecule has 2 unspecified atom stereocenters. The van der Waals surface area contributed by atoms with Crippen LogP contribution in [0.3, 0.4) is 0 Å². The summed E-state index contributed by atoms with van der Waals surface area (Å²) in [5, 5.41) is 0. The van der Waals surface area contributed by atoms with E-state index in [-0.39, 0.29) is 6.04 Å². The molecule has 2 N–H and O–H groups in total. The first-order valence-electron chi connectivity index (χ1n) is 7.12. The SMILES string of the molecule is CCCOc1ccc(CC(C)CC(C)N)cc1OC. The van der Waals surface area contributed by atoms with Crippen molar-refractivity contribution in [3.8, 4) is 11.5 Å². The van der Waals surface area contributed by atoms with Crippen molar-refractivity contribution >= 4 is 0 Å². The van der Waals surface area contributed by atoms with Gasteiger partial charge in [0.1, 0.15) is 0 Å². The monoisotopic (exact) mass is 265 g/mol. The second-order valence-corrected chi connectivity index (χ2v) is 5.36. The second kappa shape index (κ2) is 8.05. The van der Waals surface area contributed by atoms with Gasteiger partial charge in [-0.3, -0.25) is 0 Å². The first-order valence-corrected chi connectivity index (χ1v) is 7.12. The molecule has 0 aromatic heterocycles. The summed E-state index contributed by atoms with van der Waals surface area (Å²) in [6.07, 6.45) is 3.05. The molecule has 0 heterocycles. The Morgan fingerprint density at radius 1 is 1.21 bits per heavy atom. The Bertz CT molecular complexity index is 377. The van der Waals surface area contributed by atoms with Gasteiger partial charge in [0.2, 0.25) is 0 Å². The van der Waals surface area contributed by atoms with Gasteiger partial charge in [-0.15, -0.1) is 0 Å². The number of hydrogen-bond acceptors (Lipinski definition) is 3. The van der Waals surface area contributed by atoms with E-state index in [2.05, 4.69) is 32.9 Å². The molecule has 1 aromatic rings. The molecule has 1 aromatic carbocycles. The van der Waals surface area contributed by atoms with E-state index < -0.39 is 0 Å². The van der Waals surface area contributed by atoms with Gasteiger partial charge in [-0.1, -0.05) is 19.9 Å². The van der Waals surface area contributed by atoms with Crippen LogP contribution in [-0.4, -0.2) is 19.8 Å². The highest BCUT2D eigenvalue weighted by Crippen LogP contribution is 2.29. The molecule has 0 aliphatic carbocycles. The first kappa shape index (κ1) is 15.8. The molecule has 2 atom stereocenters. The topological polar surface area (TPSA) is 44.5 Å². The molecule has 0 saturated heterocycles. The van der Waals surface area contributed by atoms with E-state index in [1.165, 1.54) is 5.56 Å². The number of hydrogen-bond donors (Lipinski definition) is 1. The van der Waals surface area contributed by atoms with E-state index in [1.54, 1.807) is 7.11 Å². The average molecular weight is 265 g/mol. The zero-order valence-electron chi connectivity index (χ0n) is 12.6. The highest BCUT2D eigenvalue weighted by Gasteiger charge is 2.10. The van der Waals surface area contributed by atoms with Crippen LogP contribution in [0, 0.1) is 5.92 Å². The van der Waals surface area contributed by atoms with Crippen molar-refractivity contribution in [1.82, 2.24) is 0 Å². The zero-order valence-corrected chi connectivity index (χ0v) is 12.6. The van der Waals surface area contributed by atoms with E-state index in [4.69, 9.17) is 15.2 Å². The largest absolute Gasteiger partial charge is 0.493 e. The predicted molar refractivity (Wildman–Crippen MR) is 79.9 cm³/mol. The van der Waals surface area contributed by atoms with E-state index in [1.807, 2.05) is 6.07 Å². The van der Waals surface area contributed by atoms with Gasteiger partial charge in [0.05, 0.1) is 13.7 Å². The lowest BCUT2D eigenvalue weighted by molar-refractivity contribution is 0.294. The van der Waals surface area contributed by atoms with Crippen LogP contribution in [0.25, 0.3) is 0 Å². The summed E-state index contributed by atoms with van der Waals surface area (Å²) < 4.78 is 11.1. The number of rotatable bonds is 8. The van der Waals surface area contributed by atoms with Crippen LogP contribution in [0.15, 0.2) is 18.2 Å². The van der Waals surface area contributed by atoms with Crippen LogP contribution < -0.4 is 15.2 Å². The normalized spacial score (nSPS) is 13.9. The minimum atomic E-state index is 0.254. The Labute approximate surface area is 117 Å². The summed E-state index contributed by atoms with van der Waals surface area (Å²) in [5.41, 5.74) is 7.11. The van der Waals surface area contributed by atoms with Gasteiger partial charge in [-0.2, -0.15) is 0 Å². The molecule has 0 fully saturated rings. The van der Waals surface area contributed by atoms with Crippen LogP contribution in [0.1, 0.15) is 39.2 Å². The zero-order chi connectivity index (χ0) is 14.3. The van der Waals surface area contributed by atoms with Crippen molar-refractivity contribution in [3.63, 3.8) is 0 Å². The molecule has 0 aliphatic rings. The van der Waals surface area contributed by atoms with Crippen molar-refractivity contribution in [3.05, 3.63) is 23.8 Å². The van der Waals surface area contributed by atoms with E-state index in [9.17, 15) is 0 Å². The number of nitrogens with two attached hydrogens (primary N) is 1. The molecule has 0 radical (unpaired) electrons. The maximum absolute atomic E-state index is 5.84. The Hall–Kier alpha value is -1.22. The molecule has 0 amide bonds. The van der Waals surface area contributed by atoms with Crippen LogP contribution in [0.4, 0.5) is 0 Å². The van der Waals surface area contributed by atoms with Gasteiger partial charge in [0, 0.05) is 6.04 Å². The Kier molecular flexibility index (Phi) is 6.71. The third-order valence-corrected chi connectivity index (χ3v) is 3.05. The summed E-state index contributed by atoms with van der Waals surface area (Å²) in [7, 11) is 1.68. The van der Waals surface area contributed by atoms with Gasteiger partial charge in [0.25, 0.3) is 0 Å². The molecule has 108 valence electrons. The van der Waals surface area contributed by atoms with Gasteiger partial charge >= 0.3 is 0 Å². The lowest BCUT2D eigenvalue weighted by Crippen LogP contribution is -2.19. The minimum absolute atomic E-state index is 0.254. The smallest absolute Gasteiger partial charge is 0.161 e. The quantitative estimate of drug-likeness (QED) is 0.783. The fourth-order valence-corrected chi connectivity index (χ4v) is 2.29. The fraction of sp³-hybridized carbons (Fsp3) is 0.625. The van der Waals surface area contributed by atoms with Crippen molar-refractivity contribution < 1.29 is 9.47 Å². The lowest BCUT2D eigenvalue weighted by atomic mass is 9.95. The minimum Gasteiger partial charge on any atom is -0.493 e. The van der Waals surface area contributed by atoms with Crippen LogP contribution >= 0.6 is 0 Å². The highest BCUT2D eigenvalue weighted by atomic mass is 16.5. The van der Waals surface area contributed by atoms with Crippen LogP contribution in [0.5, 0.6) is 11.5 Å². The molecular formula is C16H27NO2. The predicted octanol–water partition coefficient (Wildman–Crippen LogP) is 3.40. The second-order valence-electron chi connectivity index (χ2n) is 5.36. The molecule has 19 heavy (non-hydrogen) atoms. The first-order chi connectivity index (χ1) is 9.06. The Morgan fingerprint density at radius 3 is 2.53 bits per heavy atom. The fourth-order valence-electron chi connectivity index (χ4n) is 2.29. The van der Waals surface area contributed by atoms with Crippen molar-refractivity contribution in [2.75, 3.05) is 13.7 Å². The summed E-state index contributed by atoms with van der Waals surface area (Å²) >= 11 is 0. The molecule has 1 rings (SSSR count). The number of benzene rings is 1. The summed E-state index contributed by atoms with van der Waals surface area (Å²) in [6, 6.07) is 6.44. The third-order valence-electron chi connectivity index (χ3n) is 3.05. The lowest BCUT2D eigenvalue weighted by Gasteiger charge is -2.16.